The highest BCUT2D eigenvalue weighted by atomic mass is 35.5. The first-order valence-electron chi connectivity index (χ1n) is 7.69. The van der Waals surface area contributed by atoms with Crippen LogP contribution in [0.4, 0.5) is 0 Å². The molecule has 0 aromatic heterocycles. The topological polar surface area (TPSA) is 79.1 Å². The Balaban J connectivity index is 0.00000312. The molecule has 2 aromatic carbocycles. The molecule has 0 bridgehead atoms. The van der Waals surface area contributed by atoms with Gasteiger partial charge in [0.2, 0.25) is 0 Å². The Bertz CT molecular complexity index is 675. The number of halogens is 2. The molecule has 1 atom stereocenters. The molecule has 0 amide bonds. The van der Waals surface area contributed by atoms with Crippen LogP contribution in [-0.4, -0.2) is 37.5 Å². The van der Waals surface area contributed by atoms with Gasteiger partial charge in [-0.25, -0.2) is 0 Å². The van der Waals surface area contributed by atoms with E-state index in [0.717, 1.165) is 0 Å². The zero-order chi connectivity index (χ0) is 17.2. The summed E-state index contributed by atoms with van der Waals surface area (Å²) in [5.41, 5.74) is 0.578. The minimum absolute atomic E-state index is 0. The van der Waals surface area contributed by atoms with E-state index in [1.165, 1.54) is 0 Å². The minimum Gasteiger partial charge on any atom is -1.00 e. The molecule has 0 spiro atoms. The van der Waals surface area contributed by atoms with Crippen molar-refractivity contribution in [1.29, 1.82) is 5.26 Å². The summed E-state index contributed by atoms with van der Waals surface area (Å²) in [6, 6.07) is 16.2. The van der Waals surface area contributed by atoms with Gasteiger partial charge in [-0.2, -0.15) is 5.26 Å². The number of aliphatic hydroxyl groups excluding tert-OH is 1. The van der Waals surface area contributed by atoms with Crippen LogP contribution >= 0.6 is 11.6 Å². The molecule has 0 aliphatic rings. The predicted molar refractivity (Wildman–Crippen MR) is 91.3 cm³/mol. The Kier molecular flexibility index (Phi) is 9.75. The van der Waals surface area contributed by atoms with Gasteiger partial charge in [-0.1, -0.05) is 23.7 Å². The summed E-state index contributed by atoms with van der Waals surface area (Å²) < 4.78 is 11.0. The number of nitriles is 1. The van der Waals surface area contributed by atoms with E-state index in [-0.39, 0.29) is 19.0 Å². The molecule has 0 aliphatic heterocycles. The average Bonchev–Trinajstić information content (AvgIpc) is 2.61. The third-order valence-electron chi connectivity index (χ3n) is 3.28. The van der Waals surface area contributed by atoms with Crippen LogP contribution in [-0.2, 0) is 0 Å². The number of hydrogen-bond acceptors (Lipinski definition) is 4. The van der Waals surface area contributed by atoms with Crippen molar-refractivity contribution in [3.63, 3.8) is 0 Å². The van der Waals surface area contributed by atoms with Crippen LogP contribution in [0.3, 0.4) is 0 Å². The SMILES string of the molecule is N#Cc1ccc(OCC(O)C[NH2+]CCOc2ccccc2Cl)cc1.[Cl-]. The molecule has 0 fully saturated rings. The Morgan fingerprint density at radius 3 is 2.52 bits per heavy atom. The quantitative estimate of drug-likeness (QED) is 0.522. The number of hydrogen-bond donors (Lipinski definition) is 2. The van der Waals surface area contributed by atoms with Gasteiger partial charge in [0.1, 0.15) is 43.9 Å². The van der Waals surface area contributed by atoms with Crippen molar-refractivity contribution in [1.82, 2.24) is 0 Å². The Morgan fingerprint density at radius 1 is 1.12 bits per heavy atom. The van der Waals surface area contributed by atoms with Gasteiger partial charge in [-0.05, 0) is 36.4 Å². The molecule has 1 unspecified atom stereocenters. The van der Waals surface area contributed by atoms with E-state index in [2.05, 4.69) is 0 Å². The van der Waals surface area contributed by atoms with E-state index in [1.807, 2.05) is 29.6 Å². The number of rotatable bonds is 9. The molecule has 25 heavy (non-hydrogen) atoms. The van der Waals surface area contributed by atoms with E-state index < -0.39 is 6.10 Å². The van der Waals surface area contributed by atoms with E-state index in [1.54, 1.807) is 30.3 Å². The summed E-state index contributed by atoms with van der Waals surface area (Å²) in [4.78, 5) is 0. The number of quaternary nitrogens is 1. The third kappa shape index (κ3) is 7.63. The van der Waals surface area contributed by atoms with Crippen molar-refractivity contribution in [3.8, 4) is 17.6 Å². The smallest absolute Gasteiger partial charge is 0.138 e. The van der Waals surface area contributed by atoms with Crippen molar-refractivity contribution in [3.05, 3.63) is 59.1 Å². The molecule has 7 heteroatoms. The molecular weight excluding hydrogens is 363 g/mol. The van der Waals surface area contributed by atoms with Crippen molar-refractivity contribution in [2.24, 2.45) is 0 Å². The average molecular weight is 383 g/mol. The van der Waals surface area contributed by atoms with Gasteiger partial charge in [-0.15, -0.1) is 0 Å². The Labute approximate surface area is 158 Å². The van der Waals surface area contributed by atoms with Crippen LogP contribution in [0.25, 0.3) is 0 Å². The number of benzene rings is 2. The molecule has 3 N–H and O–H groups in total. The lowest BCUT2D eigenvalue weighted by molar-refractivity contribution is -0.661. The third-order valence-corrected chi connectivity index (χ3v) is 3.59. The second kappa shape index (κ2) is 11.6. The molecule has 2 rings (SSSR count). The molecule has 0 heterocycles. The van der Waals surface area contributed by atoms with E-state index >= 15 is 0 Å². The molecule has 0 saturated heterocycles. The first-order chi connectivity index (χ1) is 11.7. The van der Waals surface area contributed by atoms with Crippen molar-refractivity contribution < 1.29 is 32.3 Å². The number of ether oxygens (including phenoxy) is 2. The molecule has 134 valence electrons. The van der Waals surface area contributed by atoms with Crippen LogP contribution in [0.1, 0.15) is 5.56 Å². The highest BCUT2D eigenvalue weighted by Gasteiger charge is 2.08. The maximum absolute atomic E-state index is 9.90. The summed E-state index contributed by atoms with van der Waals surface area (Å²) in [6.45, 7) is 1.93. The van der Waals surface area contributed by atoms with Gasteiger partial charge in [0.05, 0.1) is 16.7 Å². The molecule has 0 saturated carbocycles. The van der Waals surface area contributed by atoms with Crippen LogP contribution in [0.15, 0.2) is 48.5 Å². The Hall–Kier alpha value is -1.97. The monoisotopic (exact) mass is 382 g/mol. The first kappa shape index (κ1) is 21.1. The summed E-state index contributed by atoms with van der Waals surface area (Å²) in [7, 11) is 0. The fraction of sp³-hybridized carbons (Fsp3) is 0.278. The summed E-state index contributed by atoms with van der Waals surface area (Å²) >= 11 is 6.00. The standard InChI is InChI=1S/C18H19ClN2O3.ClH/c19-17-3-1-2-4-18(17)23-10-9-21-12-15(22)13-24-16-7-5-14(11-20)6-8-16;/h1-8,15,21-22H,9-10,12-13H2;1H. The number of aliphatic hydroxyl groups is 1. The number of para-hydroxylation sites is 1. The fourth-order valence-corrected chi connectivity index (χ4v) is 2.20. The van der Waals surface area contributed by atoms with Crippen molar-refractivity contribution >= 4 is 11.6 Å². The fourth-order valence-electron chi connectivity index (χ4n) is 2.01. The second-order valence-electron chi connectivity index (χ2n) is 5.19. The maximum atomic E-state index is 9.90. The van der Waals surface area contributed by atoms with Gasteiger partial charge in [0.25, 0.3) is 0 Å². The van der Waals surface area contributed by atoms with Crippen LogP contribution in [0.2, 0.25) is 5.02 Å². The van der Waals surface area contributed by atoms with Crippen molar-refractivity contribution in [2.75, 3.05) is 26.3 Å². The predicted octanol–water partition coefficient (Wildman–Crippen LogP) is -1.40. The van der Waals surface area contributed by atoms with Gasteiger partial charge in [0.15, 0.2) is 0 Å². The highest BCUT2D eigenvalue weighted by Crippen LogP contribution is 2.22. The maximum Gasteiger partial charge on any atom is 0.138 e. The van der Waals surface area contributed by atoms with Gasteiger partial charge >= 0.3 is 0 Å². The van der Waals surface area contributed by atoms with Gasteiger partial charge in [0, 0.05) is 0 Å². The largest absolute Gasteiger partial charge is 1.00 e. The lowest BCUT2D eigenvalue weighted by Crippen LogP contribution is -3.00. The van der Waals surface area contributed by atoms with E-state index in [0.29, 0.717) is 41.8 Å². The van der Waals surface area contributed by atoms with Crippen LogP contribution in [0.5, 0.6) is 11.5 Å². The molecule has 5 nitrogen and oxygen atoms in total. The zero-order valence-corrected chi connectivity index (χ0v) is 15.1. The van der Waals surface area contributed by atoms with Gasteiger partial charge in [-0.3, -0.25) is 0 Å². The van der Waals surface area contributed by atoms with Crippen molar-refractivity contribution in [2.45, 2.75) is 6.10 Å². The normalized spacial score (nSPS) is 11.1. The summed E-state index contributed by atoms with van der Waals surface area (Å²) in [5, 5.41) is 21.2. The molecule has 0 aliphatic carbocycles. The molecular formula is C18H20Cl2N2O3. The van der Waals surface area contributed by atoms with Crippen LogP contribution in [0, 0.1) is 11.3 Å². The highest BCUT2D eigenvalue weighted by molar-refractivity contribution is 6.32. The number of nitrogens with two attached hydrogens (primary N) is 1. The first-order valence-corrected chi connectivity index (χ1v) is 8.07. The number of nitrogens with zero attached hydrogens (tertiary/aromatic N) is 1. The lowest BCUT2D eigenvalue weighted by Gasteiger charge is -2.12. The zero-order valence-electron chi connectivity index (χ0n) is 13.6. The lowest BCUT2D eigenvalue weighted by atomic mass is 10.2. The molecule has 0 radical (unpaired) electrons. The van der Waals surface area contributed by atoms with E-state index in [4.69, 9.17) is 26.3 Å². The summed E-state index contributed by atoms with van der Waals surface area (Å²) in [5.74, 6) is 1.30. The second-order valence-corrected chi connectivity index (χ2v) is 5.60. The van der Waals surface area contributed by atoms with E-state index in [9.17, 15) is 5.11 Å². The molecule has 2 aromatic rings. The van der Waals surface area contributed by atoms with Crippen LogP contribution < -0.4 is 27.2 Å². The minimum atomic E-state index is -0.582. The summed E-state index contributed by atoms with van der Waals surface area (Å²) in [6.07, 6.45) is -0.582. The Morgan fingerprint density at radius 2 is 1.84 bits per heavy atom. The van der Waals surface area contributed by atoms with Gasteiger partial charge < -0.3 is 32.3 Å².